The monoisotopic (exact) mass is 480 g/mol. The number of hydrogen-bond donors (Lipinski definition) is 2. The molecule has 1 heterocycles. The van der Waals surface area contributed by atoms with Crippen molar-refractivity contribution in [2.75, 3.05) is 13.6 Å². The predicted octanol–water partition coefficient (Wildman–Crippen LogP) is 2.79. The summed E-state index contributed by atoms with van der Waals surface area (Å²) in [5.74, 6) is 0.0313. The van der Waals surface area contributed by atoms with Crippen molar-refractivity contribution in [3.05, 3.63) is 16.1 Å². The van der Waals surface area contributed by atoms with Gasteiger partial charge in [0.25, 0.3) is 0 Å². The third-order valence-corrected chi connectivity index (χ3v) is 3.31. The van der Waals surface area contributed by atoms with Gasteiger partial charge >= 0.3 is 12.1 Å². The van der Waals surface area contributed by atoms with Gasteiger partial charge in [-0.3, -0.25) is 9.79 Å². The molecule has 0 atom stereocenters. The van der Waals surface area contributed by atoms with Crippen LogP contribution in [0.5, 0.6) is 0 Å². The summed E-state index contributed by atoms with van der Waals surface area (Å²) in [7, 11) is 1.52. The van der Waals surface area contributed by atoms with Gasteiger partial charge in [-0.1, -0.05) is 0 Å². The van der Waals surface area contributed by atoms with E-state index in [9.17, 15) is 18.0 Å². The zero-order valence-electron chi connectivity index (χ0n) is 13.4. The zero-order valence-corrected chi connectivity index (χ0v) is 16.6. The Bertz CT molecular complexity index is 550. The summed E-state index contributed by atoms with van der Waals surface area (Å²) in [6.45, 7) is 3.93. The van der Waals surface area contributed by atoms with Gasteiger partial charge in [0.2, 0.25) is 0 Å². The van der Waals surface area contributed by atoms with Crippen molar-refractivity contribution in [3.63, 3.8) is 0 Å². The number of hydrogen-bond acceptors (Lipinski definition) is 5. The van der Waals surface area contributed by atoms with Crippen LogP contribution in [-0.2, 0) is 22.3 Å². The molecule has 24 heavy (non-hydrogen) atoms. The molecule has 0 fully saturated rings. The van der Waals surface area contributed by atoms with E-state index in [0.29, 0.717) is 17.5 Å². The van der Waals surface area contributed by atoms with Gasteiger partial charge in [-0.05, 0) is 13.8 Å². The van der Waals surface area contributed by atoms with Gasteiger partial charge in [0, 0.05) is 19.0 Å². The summed E-state index contributed by atoms with van der Waals surface area (Å²) in [4.78, 5) is 18.8. The standard InChI is InChI=1S/C13H19F3N4O2S.HI/c1-8(2)22-11(21)4-5-18-12(17-3)19-6-10-20-9(7-23-10)13(14,15)16;/h7-8H,4-6H2,1-3H3,(H2,17,18,19);1H. The fraction of sp³-hybridized carbons (Fsp3) is 0.615. The number of alkyl halides is 3. The van der Waals surface area contributed by atoms with E-state index in [-0.39, 0.29) is 49.0 Å². The van der Waals surface area contributed by atoms with E-state index in [0.717, 1.165) is 16.7 Å². The summed E-state index contributed by atoms with van der Waals surface area (Å²) in [6.07, 6.45) is -4.45. The maximum atomic E-state index is 12.4. The van der Waals surface area contributed by atoms with E-state index in [4.69, 9.17) is 4.74 Å². The van der Waals surface area contributed by atoms with Crippen molar-refractivity contribution in [3.8, 4) is 0 Å². The smallest absolute Gasteiger partial charge is 0.434 e. The Labute approximate surface area is 159 Å². The lowest BCUT2D eigenvalue weighted by Gasteiger charge is -2.11. The van der Waals surface area contributed by atoms with Crippen molar-refractivity contribution >= 4 is 47.2 Å². The lowest BCUT2D eigenvalue weighted by atomic mass is 10.4. The number of nitrogens with zero attached hydrogens (tertiary/aromatic N) is 2. The summed E-state index contributed by atoms with van der Waals surface area (Å²) >= 11 is 0.914. The molecule has 0 aliphatic rings. The largest absolute Gasteiger partial charge is 0.463 e. The van der Waals surface area contributed by atoms with Gasteiger partial charge in [-0.15, -0.1) is 35.3 Å². The SMILES string of the molecule is CN=C(NCCC(=O)OC(C)C)NCc1nc(C(F)(F)F)cs1.I. The molecule has 0 aliphatic carbocycles. The van der Waals surface area contributed by atoms with Crippen LogP contribution >= 0.6 is 35.3 Å². The molecule has 2 N–H and O–H groups in total. The fourth-order valence-corrected chi connectivity index (χ4v) is 2.25. The Morgan fingerprint density at radius 3 is 2.58 bits per heavy atom. The molecule has 1 aromatic heterocycles. The van der Waals surface area contributed by atoms with Gasteiger partial charge < -0.3 is 15.4 Å². The molecule has 6 nitrogen and oxygen atoms in total. The van der Waals surface area contributed by atoms with E-state index in [1.54, 1.807) is 13.8 Å². The Morgan fingerprint density at radius 1 is 1.42 bits per heavy atom. The number of carbonyl (C=O) groups excluding carboxylic acids is 1. The highest BCUT2D eigenvalue weighted by Crippen LogP contribution is 2.29. The number of rotatable bonds is 6. The molecule has 0 saturated carbocycles. The number of aliphatic imine (C=N–C) groups is 1. The van der Waals surface area contributed by atoms with Crippen LogP contribution in [0.15, 0.2) is 10.4 Å². The molecule has 0 unspecified atom stereocenters. The molecular weight excluding hydrogens is 460 g/mol. The first kappa shape index (κ1) is 22.9. The van der Waals surface area contributed by atoms with Crippen LogP contribution in [0.2, 0.25) is 0 Å². The van der Waals surface area contributed by atoms with Crippen LogP contribution in [-0.4, -0.2) is 36.6 Å². The van der Waals surface area contributed by atoms with Crippen LogP contribution in [0.3, 0.4) is 0 Å². The summed E-state index contributed by atoms with van der Waals surface area (Å²) in [5, 5.41) is 6.96. The molecule has 0 aromatic carbocycles. The van der Waals surface area contributed by atoms with Gasteiger partial charge in [-0.25, -0.2) is 4.98 Å². The number of carbonyl (C=O) groups is 1. The second kappa shape index (κ2) is 10.7. The van der Waals surface area contributed by atoms with Crippen molar-refractivity contribution in [2.45, 2.75) is 39.1 Å². The van der Waals surface area contributed by atoms with Crippen LogP contribution in [0.25, 0.3) is 0 Å². The second-order valence-corrected chi connectivity index (χ2v) is 5.71. The highest BCUT2D eigenvalue weighted by molar-refractivity contribution is 14.0. The summed E-state index contributed by atoms with van der Waals surface area (Å²) in [5.41, 5.74) is -0.904. The minimum absolute atomic E-state index is 0. The molecule has 0 radical (unpaired) electrons. The molecule has 0 aliphatic heterocycles. The van der Waals surface area contributed by atoms with E-state index in [1.807, 2.05) is 0 Å². The second-order valence-electron chi connectivity index (χ2n) is 4.77. The first-order valence-electron chi connectivity index (χ1n) is 6.88. The fourth-order valence-electron chi connectivity index (χ4n) is 1.51. The van der Waals surface area contributed by atoms with E-state index in [1.165, 1.54) is 7.05 Å². The molecule has 0 saturated heterocycles. The lowest BCUT2D eigenvalue weighted by molar-refractivity contribution is -0.147. The quantitative estimate of drug-likeness (QED) is 0.284. The Morgan fingerprint density at radius 2 is 2.08 bits per heavy atom. The Kier molecular flexibility index (Phi) is 10.2. The number of halogens is 4. The van der Waals surface area contributed by atoms with Crippen molar-refractivity contribution < 1.29 is 22.7 Å². The minimum atomic E-state index is -4.44. The number of aromatic nitrogens is 1. The Hall–Kier alpha value is -1.11. The van der Waals surface area contributed by atoms with Crippen molar-refractivity contribution in [1.29, 1.82) is 0 Å². The maximum absolute atomic E-state index is 12.4. The number of ether oxygens (including phenoxy) is 1. The molecule has 1 rings (SSSR count). The van der Waals surface area contributed by atoms with E-state index < -0.39 is 11.9 Å². The van der Waals surface area contributed by atoms with Gasteiger partial charge in [-0.2, -0.15) is 13.2 Å². The van der Waals surface area contributed by atoms with Gasteiger partial charge in [0.1, 0.15) is 5.01 Å². The summed E-state index contributed by atoms with van der Waals surface area (Å²) < 4.78 is 42.3. The number of guanidine groups is 1. The Balaban J connectivity index is 0.00000529. The third kappa shape index (κ3) is 8.66. The predicted molar refractivity (Wildman–Crippen MR) is 96.6 cm³/mol. The zero-order chi connectivity index (χ0) is 17.5. The van der Waals surface area contributed by atoms with Gasteiger partial charge in [0.15, 0.2) is 11.7 Å². The maximum Gasteiger partial charge on any atom is 0.434 e. The normalized spacial score (nSPS) is 11.9. The van der Waals surface area contributed by atoms with Crippen molar-refractivity contribution in [1.82, 2.24) is 15.6 Å². The third-order valence-electron chi connectivity index (χ3n) is 2.46. The first-order chi connectivity index (χ1) is 10.7. The van der Waals surface area contributed by atoms with Gasteiger partial charge in [0.05, 0.1) is 19.1 Å². The minimum Gasteiger partial charge on any atom is -0.463 e. The highest BCUT2D eigenvalue weighted by atomic mass is 127. The first-order valence-corrected chi connectivity index (χ1v) is 7.76. The summed E-state index contributed by atoms with van der Waals surface area (Å²) in [6, 6.07) is 0. The molecule has 0 bridgehead atoms. The van der Waals surface area contributed by atoms with E-state index >= 15 is 0 Å². The van der Waals surface area contributed by atoms with Crippen LogP contribution in [0.4, 0.5) is 13.2 Å². The average molecular weight is 480 g/mol. The molecule has 0 spiro atoms. The van der Waals surface area contributed by atoms with Crippen LogP contribution in [0.1, 0.15) is 31.0 Å². The molecular formula is C13H20F3IN4O2S. The van der Waals surface area contributed by atoms with E-state index in [2.05, 4.69) is 20.6 Å². The molecule has 0 amide bonds. The average Bonchev–Trinajstić information content (AvgIpc) is 2.90. The topological polar surface area (TPSA) is 75.6 Å². The number of nitrogens with one attached hydrogen (secondary N) is 2. The number of esters is 1. The molecule has 1 aromatic rings. The number of thiazole rings is 1. The van der Waals surface area contributed by atoms with Crippen molar-refractivity contribution in [2.24, 2.45) is 4.99 Å². The lowest BCUT2D eigenvalue weighted by Crippen LogP contribution is -2.38. The molecule has 138 valence electrons. The van der Waals surface area contributed by atoms with Crippen LogP contribution in [0, 0.1) is 0 Å². The molecule has 11 heteroatoms. The highest BCUT2D eigenvalue weighted by Gasteiger charge is 2.33. The van der Waals surface area contributed by atoms with Crippen LogP contribution < -0.4 is 10.6 Å².